The van der Waals surface area contributed by atoms with Crippen molar-refractivity contribution in [2.75, 3.05) is 20.6 Å². The van der Waals surface area contributed by atoms with Gasteiger partial charge in [0.25, 0.3) is 0 Å². The largest absolute Gasteiger partial charge is 0.534 e. The Hall–Kier alpha value is -1.54. The van der Waals surface area contributed by atoms with E-state index in [4.69, 9.17) is 0 Å². The van der Waals surface area contributed by atoms with Gasteiger partial charge in [-0.05, 0) is 44.5 Å². The second kappa shape index (κ2) is 6.52. The molecule has 1 aliphatic rings. The number of fused-ring (bicyclic) bond motifs is 1. The minimum atomic E-state index is -5.68. The fourth-order valence-corrected chi connectivity index (χ4v) is 2.93. The Bertz CT molecular complexity index is 709. The number of nitrogens with zero attached hydrogens (tertiary/aromatic N) is 1. The zero-order chi connectivity index (χ0) is 17.3. The van der Waals surface area contributed by atoms with Crippen molar-refractivity contribution in [3.63, 3.8) is 0 Å². The third kappa shape index (κ3) is 4.06. The molecule has 0 amide bonds. The molecule has 1 aromatic carbocycles. The molecule has 0 unspecified atom stereocenters. The summed E-state index contributed by atoms with van der Waals surface area (Å²) in [5.74, 6) is -0.175. The summed E-state index contributed by atoms with van der Waals surface area (Å²) < 4.78 is 65.4. The van der Waals surface area contributed by atoms with E-state index >= 15 is 0 Å². The van der Waals surface area contributed by atoms with E-state index in [-0.39, 0.29) is 5.76 Å². The minimum absolute atomic E-state index is 0.175. The van der Waals surface area contributed by atoms with Gasteiger partial charge in [0, 0.05) is 12.1 Å². The lowest BCUT2D eigenvalue weighted by Gasteiger charge is -2.24. The molecule has 0 aliphatic heterocycles. The summed E-state index contributed by atoms with van der Waals surface area (Å²) in [6.45, 7) is 0.594. The summed E-state index contributed by atoms with van der Waals surface area (Å²) in [6, 6.07) is 6.77. The van der Waals surface area contributed by atoms with Crippen LogP contribution in [0.4, 0.5) is 13.2 Å². The molecule has 0 aromatic heterocycles. The molecule has 0 fully saturated rings. The first-order valence-corrected chi connectivity index (χ1v) is 8.48. The molecular weight excluding hydrogens is 331 g/mol. The molecule has 0 saturated heterocycles. The summed E-state index contributed by atoms with van der Waals surface area (Å²) in [6.07, 6.45) is 1.58. The molecule has 128 valence electrons. The highest BCUT2D eigenvalue weighted by Crippen LogP contribution is 2.37. The van der Waals surface area contributed by atoms with Gasteiger partial charge in [0.05, 0.1) is 0 Å². The Morgan fingerprint density at radius 1 is 1.17 bits per heavy atom. The average Bonchev–Trinajstić information content (AvgIpc) is 2.44. The zero-order valence-electron chi connectivity index (χ0n) is 12.9. The number of halogens is 3. The Morgan fingerprint density at radius 3 is 2.43 bits per heavy atom. The van der Waals surface area contributed by atoms with Crippen molar-refractivity contribution in [2.24, 2.45) is 0 Å². The highest BCUT2D eigenvalue weighted by Gasteiger charge is 2.49. The lowest BCUT2D eigenvalue weighted by Crippen LogP contribution is -2.26. The normalized spacial score (nSPS) is 15.7. The van der Waals surface area contributed by atoms with Crippen LogP contribution in [0.25, 0.3) is 5.76 Å². The lowest BCUT2D eigenvalue weighted by molar-refractivity contribution is -0.0509. The highest BCUT2D eigenvalue weighted by atomic mass is 32.2. The Balaban J connectivity index is 2.45. The molecule has 8 heteroatoms. The first-order chi connectivity index (χ1) is 10.6. The number of rotatable bonds is 5. The quantitative estimate of drug-likeness (QED) is 0.605. The maximum Gasteiger partial charge on any atom is 0.534 e. The van der Waals surface area contributed by atoms with Crippen LogP contribution in [0, 0.1) is 0 Å². The summed E-state index contributed by atoms with van der Waals surface area (Å²) in [5.41, 5.74) is -3.65. The first-order valence-electron chi connectivity index (χ1n) is 7.07. The van der Waals surface area contributed by atoms with Crippen molar-refractivity contribution in [1.29, 1.82) is 0 Å². The van der Waals surface area contributed by atoms with Gasteiger partial charge in [-0.25, -0.2) is 0 Å². The van der Waals surface area contributed by atoms with Crippen LogP contribution in [0.1, 0.15) is 24.0 Å². The SMILES string of the molecule is CN(C)CCC1=C(OS(=O)(=O)C(F)(F)F)c2ccccc2CC1. The van der Waals surface area contributed by atoms with E-state index in [1.54, 1.807) is 24.3 Å². The van der Waals surface area contributed by atoms with Crippen molar-refractivity contribution >= 4 is 15.9 Å². The predicted molar refractivity (Wildman–Crippen MR) is 80.9 cm³/mol. The van der Waals surface area contributed by atoms with Crippen LogP contribution in [-0.4, -0.2) is 39.5 Å². The molecule has 1 aromatic rings. The average molecular weight is 349 g/mol. The Labute approximate surface area is 133 Å². The van der Waals surface area contributed by atoms with Crippen molar-refractivity contribution in [3.05, 3.63) is 41.0 Å². The minimum Gasteiger partial charge on any atom is -0.375 e. The molecule has 0 heterocycles. The number of benzene rings is 1. The second-order valence-electron chi connectivity index (χ2n) is 5.63. The molecule has 23 heavy (non-hydrogen) atoms. The first kappa shape index (κ1) is 17.8. The van der Waals surface area contributed by atoms with Crippen LogP contribution in [0.3, 0.4) is 0 Å². The summed E-state index contributed by atoms with van der Waals surface area (Å²) in [5, 5.41) is 0. The molecule has 0 atom stereocenters. The molecular formula is C15H18F3NO3S. The standard InChI is InChI=1S/C15H18F3NO3S/c1-19(2)10-9-12-8-7-11-5-3-4-6-13(11)14(12)22-23(20,21)15(16,17)18/h3-6H,7-10H2,1-2H3. The molecule has 4 nitrogen and oxygen atoms in total. The van der Waals surface area contributed by atoms with Crippen LogP contribution < -0.4 is 0 Å². The fourth-order valence-electron chi connectivity index (χ4n) is 2.41. The lowest BCUT2D eigenvalue weighted by atomic mass is 9.89. The van der Waals surface area contributed by atoms with Gasteiger partial charge in [0.1, 0.15) is 5.76 Å². The number of aryl methyl sites for hydroxylation is 1. The van der Waals surface area contributed by atoms with Crippen molar-refractivity contribution in [3.8, 4) is 0 Å². The molecule has 0 spiro atoms. The van der Waals surface area contributed by atoms with Crippen LogP contribution in [0.15, 0.2) is 29.8 Å². The van der Waals surface area contributed by atoms with Gasteiger partial charge in [0.2, 0.25) is 0 Å². The fraction of sp³-hybridized carbons (Fsp3) is 0.467. The van der Waals surface area contributed by atoms with E-state index in [0.717, 1.165) is 5.56 Å². The van der Waals surface area contributed by atoms with Gasteiger partial charge in [-0.2, -0.15) is 21.6 Å². The van der Waals surface area contributed by atoms with E-state index in [9.17, 15) is 21.6 Å². The highest BCUT2D eigenvalue weighted by molar-refractivity contribution is 7.87. The van der Waals surface area contributed by atoms with E-state index in [2.05, 4.69) is 4.18 Å². The monoisotopic (exact) mass is 349 g/mol. The number of hydrogen-bond donors (Lipinski definition) is 0. The van der Waals surface area contributed by atoms with Crippen molar-refractivity contribution < 1.29 is 25.8 Å². The van der Waals surface area contributed by atoms with E-state index < -0.39 is 15.6 Å². The molecule has 0 radical (unpaired) electrons. The van der Waals surface area contributed by atoms with Crippen molar-refractivity contribution in [2.45, 2.75) is 24.8 Å². The Kier molecular flexibility index (Phi) is 5.05. The third-order valence-corrected chi connectivity index (χ3v) is 4.57. The molecule has 0 saturated carbocycles. The smallest absolute Gasteiger partial charge is 0.375 e. The van der Waals surface area contributed by atoms with Crippen LogP contribution in [-0.2, 0) is 20.7 Å². The second-order valence-corrected chi connectivity index (χ2v) is 7.16. The maximum atomic E-state index is 12.7. The molecule has 0 N–H and O–H groups in total. The van der Waals surface area contributed by atoms with Crippen LogP contribution >= 0.6 is 0 Å². The summed E-state index contributed by atoms with van der Waals surface area (Å²) in [4.78, 5) is 1.88. The molecule has 1 aliphatic carbocycles. The van der Waals surface area contributed by atoms with Gasteiger partial charge in [-0.15, -0.1) is 0 Å². The topological polar surface area (TPSA) is 46.6 Å². The van der Waals surface area contributed by atoms with E-state index in [1.807, 2.05) is 19.0 Å². The van der Waals surface area contributed by atoms with Gasteiger partial charge < -0.3 is 9.08 Å². The van der Waals surface area contributed by atoms with E-state index in [1.165, 1.54) is 0 Å². The third-order valence-electron chi connectivity index (χ3n) is 3.62. The molecule has 0 bridgehead atoms. The van der Waals surface area contributed by atoms with E-state index in [0.29, 0.717) is 36.9 Å². The summed E-state index contributed by atoms with van der Waals surface area (Å²) >= 11 is 0. The van der Waals surface area contributed by atoms with Crippen molar-refractivity contribution in [1.82, 2.24) is 4.90 Å². The number of alkyl halides is 3. The summed E-state index contributed by atoms with van der Waals surface area (Å²) in [7, 11) is -2.01. The zero-order valence-corrected chi connectivity index (χ0v) is 13.7. The number of hydrogen-bond acceptors (Lipinski definition) is 4. The van der Waals surface area contributed by atoms with Crippen LogP contribution in [0.2, 0.25) is 0 Å². The van der Waals surface area contributed by atoms with Gasteiger partial charge in [0.15, 0.2) is 0 Å². The predicted octanol–water partition coefficient (Wildman–Crippen LogP) is 3.16. The van der Waals surface area contributed by atoms with Gasteiger partial charge in [-0.1, -0.05) is 24.3 Å². The van der Waals surface area contributed by atoms with Gasteiger partial charge in [-0.3, -0.25) is 0 Å². The maximum absolute atomic E-state index is 12.7. The Morgan fingerprint density at radius 2 is 1.83 bits per heavy atom. The van der Waals surface area contributed by atoms with Crippen LogP contribution in [0.5, 0.6) is 0 Å². The molecule has 2 rings (SSSR count). The van der Waals surface area contributed by atoms with Gasteiger partial charge >= 0.3 is 15.6 Å².